The normalized spacial score (nSPS) is 10.4. The number of carbonyl (C=O) groups is 2. The number of anilines is 1. The van der Waals surface area contributed by atoms with E-state index in [9.17, 15) is 9.59 Å². The van der Waals surface area contributed by atoms with Crippen LogP contribution in [0.15, 0.2) is 47.6 Å². The van der Waals surface area contributed by atoms with E-state index in [2.05, 4.69) is 25.6 Å². The molecule has 0 bridgehead atoms. The van der Waals surface area contributed by atoms with Crippen molar-refractivity contribution in [1.29, 1.82) is 0 Å². The molecule has 150 valence electrons. The van der Waals surface area contributed by atoms with Crippen LogP contribution in [0.5, 0.6) is 5.75 Å². The lowest BCUT2D eigenvalue weighted by Crippen LogP contribution is -2.15. The maximum atomic E-state index is 12.3. The van der Waals surface area contributed by atoms with E-state index in [-0.39, 0.29) is 22.2 Å². The van der Waals surface area contributed by atoms with Crippen molar-refractivity contribution < 1.29 is 19.1 Å². The van der Waals surface area contributed by atoms with Gasteiger partial charge in [-0.15, -0.1) is 5.10 Å². The molecule has 0 atom stereocenters. The predicted octanol–water partition coefficient (Wildman–Crippen LogP) is 2.84. The van der Waals surface area contributed by atoms with E-state index in [1.165, 1.54) is 35.7 Å². The van der Waals surface area contributed by atoms with Gasteiger partial charge in [0.1, 0.15) is 5.75 Å². The van der Waals surface area contributed by atoms with Gasteiger partial charge >= 0.3 is 5.97 Å². The summed E-state index contributed by atoms with van der Waals surface area (Å²) < 4.78 is 11.3. The lowest BCUT2D eigenvalue weighted by Gasteiger charge is -2.08. The van der Waals surface area contributed by atoms with Gasteiger partial charge in [-0.05, 0) is 52.9 Å². The standard InChI is InChI=1S/C18H16ClN5O4S/c1-27-13-6-4-12(5-7-13)24-18(21-22-23-24)29-10-16(25)20-11-3-8-15(19)14(9-11)17(26)28-2/h3-9H,10H2,1-2H3,(H,20,25). The van der Waals surface area contributed by atoms with Gasteiger partial charge in [0.25, 0.3) is 0 Å². The van der Waals surface area contributed by atoms with E-state index in [1.54, 1.807) is 37.4 Å². The number of nitrogens with zero attached hydrogens (tertiary/aromatic N) is 4. The molecule has 0 spiro atoms. The number of benzene rings is 2. The highest BCUT2D eigenvalue weighted by Gasteiger charge is 2.14. The molecule has 3 aromatic rings. The minimum Gasteiger partial charge on any atom is -0.497 e. The lowest BCUT2D eigenvalue weighted by atomic mass is 10.2. The Balaban J connectivity index is 1.65. The number of hydrogen-bond donors (Lipinski definition) is 1. The predicted molar refractivity (Wildman–Crippen MR) is 108 cm³/mol. The van der Waals surface area contributed by atoms with E-state index in [0.717, 1.165) is 5.69 Å². The van der Waals surface area contributed by atoms with Crippen molar-refractivity contribution >= 4 is 40.9 Å². The van der Waals surface area contributed by atoms with Gasteiger partial charge in [-0.3, -0.25) is 4.79 Å². The summed E-state index contributed by atoms with van der Waals surface area (Å²) in [5.74, 6) is -0.103. The Morgan fingerprint density at radius 2 is 1.93 bits per heavy atom. The molecule has 29 heavy (non-hydrogen) atoms. The molecule has 0 aliphatic rings. The maximum absolute atomic E-state index is 12.3. The van der Waals surface area contributed by atoms with Crippen molar-refractivity contribution in [2.45, 2.75) is 5.16 Å². The van der Waals surface area contributed by atoms with Crippen molar-refractivity contribution in [2.75, 3.05) is 25.3 Å². The Morgan fingerprint density at radius 3 is 2.62 bits per heavy atom. The summed E-state index contributed by atoms with van der Waals surface area (Å²) in [5.41, 5.74) is 1.33. The summed E-state index contributed by atoms with van der Waals surface area (Å²) in [7, 11) is 2.84. The fourth-order valence-corrected chi connectivity index (χ4v) is 3.24. The molecule has 0 saturated carbocycles. The number of thioether (sulfide) groups is 1. The third-order valence-electron chi connectivity index (χ3n) is 3.75. The summed E-state index contributed by atoms with van der Waals surface area (Å²) in [6.07, 6.45) is 0. The Bertz CT molecular complexity index is 1030. The number of amides is 1. The van der Waals surface area contributed by atoms with Crippen LogP contribution in [0.2, 0.25) is 5.02 Å². The highest BCUT2D eigenvalue weighted by atomic mass is 35.5. The summed E-state index contributed by atoms with van der Waals surface area (Å²) in [6.45, 7) is 0. The first-order valence-corrected chi connectivity index (χ1v) is 9.61. The molecule has 0 radical (unpaired) electrons. The van der Waals surface area contributed by atoms with E-state index >= 15 is 0 Å². The third kappa shape index (κ3) is 5.04. The van der Waals surface area contributed by atoms with E-state index in [4.69, 9.17) is 16.3 Å². The van der Waals surface area contributed by atoms with Crippen molar-refractivity contribution in [1.82, 2.24) is 20.2 Å². The summed E-state index contributed by atoms with van der Waals surface area (Å²) >= 11 is 7.15. The van der Waals surface area contributed by atoms with Crippen molar-refractivity contribution in [3.63, 3.8) is 0 Å². The molecule has 11 heteroatoms. The molecule has 0 aliphatic heterocycles. The molecule has 0 aliphatic carbocycles. The Kier molecular flexibility index (Phi) is 6.68. The van der Waals surface area contributed by atoms with Crippen molar-refractivity contribution in [2.24, 2.45) is 0 Å². The fraction of sp³-hybridized carbons (Fsp3) is 0.167. The second-order valence-electron chi connectivity index (χ2n) is 5.59. The number of hydrogen-bond acceptors (Lipinski definition) is 8. The van der Waals surface area contributed by atoms with Crippen molar-refractivity contribution in [3.8, 4) is 11.4 Å². The van der Waals surface area contributed by atoms with Gasteiger partial charge in [-0.1, -0.05) is 23.4 Å². The topological polar surface area (TPSA) is 108 Å². The summed E-state index contributed by atoms with van der Waals surface area (Å²) in [4.78, 5) is 24.0. The Labute approximate surface area is 175 Å². The monoisotopic (exact) mass is 433 g/mol. The SMILES string of the molecule is COC(=O)c1cc(NC(=O)CSc2nnnn2-c2ccc(OC)cc2)ccc1Cl. The Hall–Kier alpha value is -3.11. The number of halogens is 1. The van der Waals surface area contributed by atoms with Crippen LogP contribution in [0, 0.1) is 0 Å². The fourth-order valence-electron chi connectivity index (χ4n) is 2.35. The summed E-state index contributed by atoms with van der Waals surface area (Å²) in [6, 6.07) is 11.8. The third-order valence-corrected chi connectivity index (χ3v) is 4.99. The molecule has 9 nitrogen and oxygen atoms in total. The van der Waals surface area contributed by atoms with Gasteiger partial charge in [-0.2, -0.15) is 4.68 Å². The number of tetrazole rings is 1. The molecule has 1 amide bonds. The molecule has 2 aromatic carbocycles. The number of nitrogens with one attached hydrogen (secondary N) is 1. The van der Waals surface area contributed by atoms with E-state index in [0.29, 0.717) is 16.6 Å². The zero-order chi connectivity index (χ0) is 20.8. The average Bonchev–Trinajstić information content (AvgIpc) is 3.21. The first-order chi connectivity index (χ1) is 14.0. The van der Waals surface area contributed by atoms with E-state index < -0.39 is 5.97 Å². The molecule has 0 unspecified atom stereocenters. The van der Waals surface area contributed by atoms with Gasteiger partial charge in [0, 0.05) is 5.69 Å². The van der Waals surface area contributed by atoms with E-state index in [1.807, 2.05) is 0 Å². The highest BCUT2D eigenvalue weighted by Crippen LogP contribution is 2.23. The maximum Gasteiger partial charge on any atom is 0.339 e. The number of aromatic nitrogens is 4. The molecule has 1 heterocycles. The molecule has 0 fully saturated rings. The summed E-state index contributed by atoms with van der Waals surface area (Å²) in [5, 5.41) is 15.0. The van der Waals surface area contributed by atoms with Gasteiger partial charge in [0.2, 0.25) is 11.1 Å². The Morgan fingerprint density at radius 1 is 1.17 bits per heavy atom. The highest BCUT2D eigenvalue weighted by molar-refractivity contribution is 7.99. The first kappa shape index (κ1) is 20.6. The number of ether oxygens (including phenoxy) is 2. The smallest absolute Gasteiger partial charge is 0.339 e. The molecular weight excluding hydrogens is 418 g/mol. The van der Waals surface area contributed by atoms with Crippen molar-refractivity contribution in [3.05, 3.63) is 53.1 Å². The van der Waals surface area contributed by atoms with Crippen LogP contribution >= 0.6 is 23.4 Å². The van der Waals surface area contributed by atoms with Crippen LogP contribution in [-0.2, 0) is 9.53 Å². The number of esters is 1. The lowest BCUT2D eigenvalue weighted by molar-refractivity contribution is -0.113. The van der Waals surface area contributed by atoms with Crippen LogP contribution in [-0.4, -0.2) is 52.1 Å². The average molecular weight is 434 g/mol. The van der Waals surface area contributed by atoms with Crippen LogP contribution in [0.25, 0.3) is 5.69 Å². The minimum absolute atomic E-state index is 0.0622. The molecule has 0 saturated heterocycles. The minimum atomic E-state index is -0.584. The molecular formula is C18H16ClN5O4S. The van der Waals surface area contributed by atoms with Crippen LogP contribution < -0.4 is 10.1 Å². The largest absolute Gasteiger partial charge is 0.497 e. The van der Waals surface area contributed by atoms with Gasteiger partial charge in [0.15, 0.2) is 0 Å². The first-order valence-electron chi connectivity index (χ1n) is 8.25. The molecule has 1 aromatic heterocycles. The molecule has 3 rings (SSSR count). The van der Waals surface area contributed by atoms with Gasteiger partial charge in [0.05, 0.1) is 36.2 Å². The van der Waals surface area contributed by atoms with Crippen LogP contribution in [0.3, 0.4) is 0 Å². The zero-order valence-corrected chi connectivity index (χ0v) is 17.0. The van der Waals surface area contributed by atoms with Crippen LogP contribution in [0.1, 0.15) is 10.4 Å². The second-order valence-corrected chi connectivity index (χ2v) is 6.94. The zero-order valence-electron chi connectivity index (χ0n) is 15.5. The van der Waals surface area contributed by atoms with Crippen LogP contribution in [0.4, 0.5) is 5.69 Å². The number of rotatable bonds is 7. The number of carbonyl (C=O) groups excluding carboxylic acids is 2. The number of methoxy groups -OCH3 is 2. The molecule has 1 N–H and O–H groups in total. The quantitative estimate of drug-likeness (QED) is 0.447. The van der Waals surface area contributed by atoms with Gasteiger partial charge < -0.3 is 14.8 Å². The van der Waals surface area contributed by atoms with Gasteiger partial charge in [-0.25, -0.2) is 4.79 Å². The second kappa shape index (κ2) is 9.39.